The lowest BCUT2D eigenvalue weighted by Gasteiger charge is -2.14. The number of carbonyl (C=O) groups excluding carboxylic acids is 1. The molecule has 0 heterocycles. The molecule has 0 radical (unpaired) electrons. The van der Waals surface area contributed by atoms with Crippen LogP contribution in [0.3, 0.4) is 0 Å². The molecular weight excluding hydrogens is 406 g/mol. The van der Waals surface area contributed by atoms with Gasteiger partial charge in [0.25, 0.3) is 0 Å². The molecule has 2 amide bonds. The highest BCUT2D eigenvalue weighted by Crippen LogP contribution is 2.24. The predicted molar refractivity (Wildman–Crippen MR) is 115 cm³/mol. The molecule has 0 aliphatic heterocycles. The van der Waals surface area contributed by atoms with E-state index in [0.29, 0.717) is 11.3 Å². The average molecular weight is 432 g/mol. The maximum Gasteiger partial charge on any atom is 0.322 e. The Hall–Kier alpha value is -2.91. The molecule has 4 N–H and O–H groups in total. The Morgan fingerprint density at radius 3 is 2.40 bits per heavy atom. The molecular formula is C21H25N3O5S. The van der Waals surface area contributed by atoms with Gasteiger partial charge in [0.05, 0.1) is 5.75 Å². The van der Waals surface area contributed by atoms with Gasteiger partial charge in [-0.05, 0) is 55.0 Å². The fraction of sp³-hybridized carbons (Fsp3) is 0.333. The van der Waals surface area contributed by atoms with E-state index in [0.717, 1.165) is 24.0 Å². The fourth-order valence-electron chi connectivity index (χ4n) is 2.91. The number of benzene rings is 2. The summed E-state index contributed by atoms with van der Waals surface area (Å²) in [5.41, 5.74) is 3.16. The summed E-state index contributed by atoms with van der Waals surface area (Å²) in [7, 11) is -3.62. The number of aliphatic carboxylic acids is 1. The van der Waals surface area contributed by atoms with Crippen LogP contribution in [0.15, 0.2) is 48.5 Å². The van der Waals surface area contributed by atoms with E-state index in [1.165, 1.54) is 6.92 Å². The van der Waals surface area contributed by atoms with Crippen molar-refractivity contribution in [1.82, 2.24) is 10.0 Å². The summed E-state index contributed by atoms with van der Waals surface area (Å²) in [6.45, 7) is 1.45. The van der Waals surface area contributed by atoms with Gasteiger partial charge in [-0.2, -0.15) is 0 Å². The van der Waals surface area contributed by atoms with Crippen LogP contribution in [0.1, 0.15) is 25.3 Å². The number of carbonyl (C=O) groups is 2. The van der Waals surface area contributed by atoms with Crippen LogP contribution in [0.2, 0.25) is 0 Å². The van der Waals surface area contributed by atoms with Crippen LogP contribution in [0, 0.1) is 0 Å². The van der Waals surface area contributed by atoms with Crippen molar-refractivity contribution in [3.8, 4) is 11.1 Å². The van der Waals surface area contributed by atoms with Gasteiger partial charge in [0.15, 0.2) is 0 Å². The predicted octanol–water partition coefficient (Wildman–Crippen LogP) is 2.57. The van der Waals surface area contributed by atoms with Gasteiger partial charge >= 0.3 is 12.0 Å². The standard InChI is InChI=1S/C21H25N3O5S/c1-2-30(28,29)24-19(20(25)26)12-14-6-8-15(9-7-14)16-4-3-5-18(13-16)23-21(27)22-17-10-11-17/h3-9,13,17,19,24H,2,10-12H2,1H3,(H,25,26)(H2,22,23,27)/t19-/m0/s1. The van der Waals surface area contributed by atoms with E-state index in [-0.39, 0.29) is 24.2 Å². The lowest BCUT2D eigenvalue weighted by Crippen LogP contribution is -2.42. The Labute approximate surface area is 175 Å². The fourth-order valence-corrected chi connectivity index (χ4v) is 3.69. The number of amides is 2. The van der Waals surface area contributed by atoms with Gasteiger partial charge in [-0.15, -0.1) is 0 Å². The van der Waals surface area contributed by atoms with Crippen molar-refractivity contribution >= 4 is 27.7 Å². The molecule has 8 nitrogen and oxygen atoms in total. The van der Waals surface area contributed by atoms with Crippen molar-refractivity contribution < 1.29 is 23.1 Å². The lowest BCUT2D eigenvalue weighted by molar-refractivity contribution is -0.138. The van der Waals surface area contributed by atoms with Gasteiger partial charge in [-0.25, -0.2) is 17.9 Å². The first-order chi connectivity index (χ1) is 14.3. The molecule has 160 valence electrons. The Morgan fingerprint density at radius 2 is 1.80 bits per heavy atom. The minimum atomic E-state index is -3.62. The lowest BCUT2D eigenvalue weighted by atomic mass is 10.0. The molecule has 2 aromatic carbocycles. The molecule has 1 atom stereocenters. The molecule has 0 bridgehead atoms. The average Bonchev–Trinajstić information content (AvgIpc) is 3.52. The first kappa shape index (κ1) is 21.8. The Kier molecular flexibility index (Phi) is 6.73. The number of carboxylic acid groups (broad SMARTS) is 1. The molecule has 1 fully saturated rings. The number of carboxylic acids is 1. The summed E-state index contributed by atoms with van der Waals surface area (Å²) in [6, 6.07) is 13.5. The summed E-state index contributed by atoms with van der Waals surface area (Å²) >= 11 is 0. The van der Waals surface area contributed by atoms with Gasteiger partial charge in [-0.1, -0.05) is 36.4 Å². The van der Waals surface area contributed by atoms with E-state index in [2.05, 4.69) is 15.4 Å². The summed E-state index contributed by atoms with van der Waals surface area (Å²) in [5.74, 6) is -1.40. The molecule has 0 saturated heterocycles. The first-order valence-electron chi connectivity index (χ1n) is 9.75. The largest absolute Gasteiger partial charge is 0.480 e. The van der Waals surface area contributed by atoms with Crippen molar-refractivity contribution in [3.05, 3.63) is 54.1 Å². The van der Waals surface area contributed by atoms with Gasteiger partial charge in [0.2, 0.25) is 10.0 Å². The third-order valence-corrected chi connectivity index (χ3v) is 6.16. The van der Waals surface area contributed by atoms with E-state index in [1.54, 1.807) is 12.1 Å². The van der Waals surface area contributed by atoms with Crippen LogP contribution in [0.5, 0.6) is 0 Å². The van der Waals surface area contributed by atoms with E-state index >= 15 is 0 Å². The van der Waals surface area contributed by atoms with Crippen LogP contribution in [-0.4, -0.2) is 43.4 Å². The Morgan fingerprint density at radius 1 is 1.10 bits per heavy atom. The first-order valence-corrected chi connectivity index (χ1v) is 11.4. The second kappa shape index (κ2) is 9.27. The van der Waals surface area contributed by atoms with Gasteiger partial charge in [0.1, 0.15) is 6.04 Å². The molecule has 1 aliphatic carbocycles. The monoisotopic (exact) mass is 431 g/mol. The maximum atomic E-state index is 11.9. The molecule has 30 heavy (non-hydrogen) atoms. The number of urea groups is 1. The molecule has 9 heteroatoms. The number of sulfonamides is 1. The highest BCUT2D eigenvalue weighted by Gasteiger charge is 2.24. The smallest absolute Gasteiger partial charge is 0.322 e. The highest BCUT2D eigenvalue weighted by atomic mass is 32.2. The number of rotatable bonds is 9. The maximum absolute atomic E-state index is 11.9. The van der Waals surface area contributed by atoms with Gasteiger partial charge in [0, 0.05) is 11.7 Å². The van der Waals surface area contributed by atoms with Gasteiger partial charge in [-0.3, -0.25) is 4.79 Å². The normalized spacial score (nSPS) is 14.7. The molecule has 1 saturated carbocycles. The number of nitrogens with one attached hydrogen (secondary N) is 3. The summed E-state index contributed by atoms with van der Waals surface area (Å²) < 4.78 is 25.6. The van der Waals surface area contributed by atoms with Crippen LogP contribution in [0.4, 0.5) is 10.5 Å². The van der Waals surface area contributed by atoms with Crippen molar-refractivity contribution in [2.75, 3.05) is 11.1 Å². The van der Waals surface area contributed by atoms with Crippen molar-refractivity contribution in [3.63, 3.8) is 0 Å². The van der Waals surface area contributed by atoms with E-state index < -0.39 is 22.0 Å². The minimum Gasteiger partial charge on any atom is -0.480 e. The van der Waals surface area contributed by atoms with Crippen LogP contribution in [-0.2, 0) is 21.2 Å². The van der Waals surface area contributed by atoms with Crippen molar-refractivity contribution in [2.24, 2.45) is 0 Å². The third kappa shape index (κ3) is 6.30. The number of anilines is 1. The van der Waals surface area contributed by atoms with Gasteiger partial charge < -0.3 is 15.7 Å². The SMILES string of the molecule is CCS(=O)(=O)N[C@@H](Cc1ccc(-c2cccc(NC(=O)NC3CC3)c2)cc1)C(=O)O. The molecule has 1 aliphatic rings. The summed E-state index contributed by atoms with van der Waals surface area (Å²) in [6.07, 6.45) is 2.07. The second-order valence-electron chi connectivity index (χ2n) is 7.27. The molecule has 0 unspecified atom stereocenters. The molecule has 0 spiro atoms. The number of hydrogen-bond acceptors (Lipinski definition) is 4. The summed E-state index contributed by atoms with van der Waals surface area (Å²) in [4.78, 5) is 23.3. The second-order valence-corrected chi connectivity index (χ2v) is 9.31. The zero-order valence-electron chi connectivity index (χ0n) is 16.6. The minimum absolute atomic E-state index is 0.0395. The van der Waals surface area contributed by atoms with Crippen LogP contribution in [0.25, 0.3) is 11.1 Å². The van der Waals surface area contributed by atoms with E-state index in [1.807, 2.05) is 36.4 Å². The molecule has 3 rings (SSSR count). The quantitative estimate of drug-likeness (QED) is 0.486. The third-order valence-electron chi connectivity index (χ3n) is 4.76. The highest BCUT2D eigenvalue weighted by molar-refractivity contribution is 7.89. The summed E-state index contributed by atoms with van der Waals surface area (Å²) in [5, 5.41) is 15.0. The van der Waals surface area contributed by atoms with E-state index in [9.17, 15) is 23.1 Å². The van der Waals surface area contributed by atoms with Crippen LogP contribution >= 0.6 is 0 Å². The Balaban J connectivity index is 1.68. The Bertz CT molecular complexity index is 1020. The topological polar surface area (TPSA) is 125 Å². The van der Waals surface area contributed by atoms with Crippen LogP contribution < -0.4 is 15.4 Å². The van der Waals surface area contributed by atoms with Crippen molar-refractivity contribution in [1.29, 1.82) is 0 Å². The van der Waals surface area contributed by atoms with Crippen molar-refractivity contribution in [2.45, 2.75) is 38.3 Å². The zero-order chi connectivity index (χ0) is 21.7. The molecule has 2 aromatic rings. The zero-order valence-corrected chi connectivity index (χ0v) is 17.4. The number of hydrogen-bond donors (Lipinski definition) is 4. The van der Waals surface area contributed by atoms with E-state index in [4.69, 9.17) is 0 Å². The molecule has 0 aromatic heterocycles.